The maximum absolute atomic E-state index is 14.8. The summed E-state index contributed by atoms with van der Waals surface area (Å²) >= 11 is 5.23. The highest BCUT2D eigenvalue weighted by atomic mass is 32.1. The molecule has 20 heteroatoms. The van der Waals surface area contributed by atoms with Gasteiger partial charge in [0.1, 0.15) is 40.5 Å². The number of aromatic nitrogens is 2. The van der Waals surface area contributed by atoms with Crippen molar-refractivity contribution >= 4 is 46.7 Å². The van der Waals surface area contributed by atoms with E-state index in [-0.39, 0.29) is 26.8 Å². The van der Waals surface area contributed by atoms with Crippen molar-refractivity contribution in [1.29, 1.82) is 0 Å². The van der Waals surface area contributed by atoms with E-state index in [1.165, 1.54) is 13.0 Å². The van der Waals surface area contributed by atoms with Crippen molar-refractivity contribution in [2.24, 2.45) is 0 Å². The van der Waals surface area contributed by atoms with Gasteiger partial charge in [0.05, 0.1) is 12.0 Å². The summed E-state index contributed by atoms with van der Waals surface area (Å²) < 4.78 is 65.8. The van der Waals surface area contributed by atoms with E-state index in [1.807, 2.05) is 0 Å². The molecule has 6 atom stereocenters. The molecule has 0 aliphatic carbocycles. The average Bonchev–Trinajstić information content (AvgIpc) is 2.96. The topological polar surface area (TPSA) is 238 Å². The minimum absolute atomic E-state index is 0.00237. The minimum Gasteiger partial charge on any atom is -0.387 e. The zero-order chi connectivity index (χ0) is 26.5. The number of H-pyrrole nitrogens is 1. The van der Waals surface area contributed by atoms with Gasteiger partial charge in [-0.2, -0.15) is 8.62 Å². The van der Waals surface area contributed by atoms with Crippen LogP contribution in [0.3, 0.4) is 0 Å². The van der Waals surface area contributed by atoms with Crippen LogP contribution in [-0.4, -0.2) is 64.7 Å². The van der Waals surface area contributed by atoms with E-state index in [4.69, 9.17) is 26.7 Å². The maximum Gasteiger partial charge on any atom is 0.490 e. The number of nitrogens with zero attached hydrogens (tertiary/aromatic N) is 1. The van der Waals surface area contributed by atoms with Gasteiger partial charge in [0.2, 0.25) is 0 Å². The predicted octanol–water partition coefficient (Wildman–Crippen LogP) is 1.55. The Hall–Kier alpha value is -1.00. The van der Waals surface area contributed by atoms with Crippen molar-refractivity contribution in [1.82, 2.24) is 9.97 Å². The number of aromatic amines is 1. The number of phosphoric ester groups is 1. The molecule has 3 rings (SSSR count). The summed E-state index contributed by atoms with van der Waals surface area (Å²) in [5.74, 6) is -0.600. The zero-order valence-electron chi connectivity index (χ0n) is 17.7. The van der Waals surface area contributed by atoms with E-state index in [1.54, 1.807) is 6.92 Å². The number of pyridine rings is 2. The van der Waals surface area contributed by atoms with Crippen LogP contribution in [0.5, 0.6) is 0 Å². The van der Waals surface area contributed by atoms with Crippen LogP contribution in [0.25, 0.3) is 11.0 Å². The lowest BCUT2D eigenvalue weighted by molar-refractivity contribution is -0.0224. The Kier molecular flexibility index (Phi) is 8.20. The summed E-state index contributed by atoms with van der Waals surface area (Å²) in [6.45, 7) is 2.11. The second kappa shape index (κ2) is 10.0. The fourth-order valence-electron chi connectivity index (χ4n) is 3.23. The summed E-state index contributed by atoms with van der Waals surface area (Å²) in [4.78, 5) is 42.7. The Morgan fingerprint density at radius 1 is 1.11 bits per heavy atom. The molecule has 0 spiro atoms. The van der Waals surface area contributed by atoms with Gasteiger partial charge in [-0.25, -0.2) is 23.1 Å². The highest BCUT2D eigenvalue weighted by molar-refractivity contribution is 7.71. The fraction of sp³-hybridized carbons (Fsp3) is 0.467. The van der Waals surface area contributed by atoms with Gasteiger partial charge >= 0.3 is 23.5 Å². The predicted molar refractivity (Wildman–Crippen MR) is 116 cm³/mol. The second-order valence-corrected chi connectivity index (χ2v) is 12.2. The van der Waals surface area contributed by atoms with Crippen molar-refractivity contribution in [3.05, 3.63) is 33.3 Å². The average molecular weight is 580 g/mol. The van der Waals surface area contributed by atoms with Gasteiger partial charge in [0, 0.05) is 16.8 Å². The molecule has 0 aromatic carbocycles. The van der Waals surface area contributed by atoms with Crippen LogP contribution in [-0.2, 0) is 31.6 Å². The van der Waals surface area contributed by atoms with Crippen LogP contribution in [0, 0.1) is 24.3 Å². The Morgan fingerprint density at radius 3 is 2.34 bits per heavy atom. The lowest BCUT2D eigenvalue weighted by Crippen LogP contribution is -2.33. The molecule has 1 aliphatic heterocycles. The number of fused-ring (bicyclic) bond motifs is 1. The lowest BCUT2D eigenvalue weighted by Gasteiger charge is -2.19. The third kappa shape index (κ3) is 6.66. The Morgan fingerprint density at radius 2 is 1.74 bits per heavy atom. The molecule has 0 amide bonds. The number of halogens is 1. The van der Waals surface area contributed by atoms with Crippen molar-refractivity contribution in [2.45, 2.75) is 38.3 Å². The zero-order valence-corrected chi connectivity index (χ0v) is 21.2. The summed E-state index contributed by atoms with van der Waals surface area (Å²) in [7, 11) is -16.8. The molecule has 1 aliphatic rings. The monoisotopic (exact) mass is 580 g/mol. The van der Waals surface area contributed by atoms with Crippen LogP contribution >= 0.6 is 35.7 Å². The highest BCUT2D eigenvalue weighted by Gasteiger charge is 2.46. The quantitative estimate of drug-likeness (QED) is 0.173. The van der Waals surface area contributed by atoms with Gasteiger partial charge in [0.25, 0.3) is 0 Å². The number of aryl methyl sites for hydroxylation is 1. The van der Waals surface area contributed by atoms with Gasteiger partial charge in [-0.15, -0.1) is 0 Å². The van der Waals surface area contributed by atoms with Crippen molar-refractivity contribution < 1.29 is 65.8 Å². The first-order valence-corrected chi connectivity index (χ1v) is 14.3. The summed E-state index contributed by atoms with van der Waals surface area (Å²) in [5.41, 5.74) is 0.892. The fourth-order valence-corrected chi connectivity index (χ4v) is 6.53. The van der Waals surface area contributed by atoms with E-state index >= 15 is 0 Å². The Balaban J connectivity index is 1.79. The largest absolute Gasteiger partial charge is 0.490 e. The lowest BCUT2D eigenvalue weighted by atomic mass is 10.0. The van der Waals surface area contributed by atoms with Gasteiger partial charge in [-0.1, -0.05) is 12.2 Å². The molecule has 0 saturated carbocycles. The van der Waals surface area contributed by atoms with Gasteiger partial charge in [-0.05, 0) is 19.9 Å². The van der Waals surface area contributed by atoms with Crippen LogP contribution in [0.4, 0.5) is 4.39 Å². The molecule has 1 saturated heterocycles. The van der Waals surface area contributed by atoms with Crippen molar-refractivity contribution in [3.63, 3.8) is 0 Å². The number of hydrogen-bond donors (Lipinski definition) is 7. The van der Waals surface area contributed by atoms with Crippen LogP contribution in [0.15, 0.2) is 6.07 Å². The van der Waals surface area contributed by atoms with Crippen LogP contribution in [0.2, 0.25) is 0 Å². The van der Waals surface area contributed by atoms with Crippen molar-refractivity contribution in [3.8, 4) is 0 Å². The molecule has 35 heavy (non-hydrogen) atoms. The molecular weight excluding hydrogens is 560 g/mol. The Bertz CT molecular complexity index is 1350. The van der Waals surface area contributed by atoms with E-state index < -0.39 is 60.3 Å². The maximum atomic E-state index is 14.8. The van der Waals surface area contributed by atoms with Crippen LogP contribution < -0.4 is 0 Å². The molecule has 2 aromatic rings. The first-order chi connectivity index (χ1) is 15.9. The molecule has 3 heterocycles. The number of nitrogens with one attached hydrogen (secondary N) is 1. The number of aliphatic hydroxyl groups excluding tert-OH is 2. The smallest absolute Gasteiger partial charge is 0.387 e. The molecular formula is C15H20FN2O13P3S. The molecule has 0 radical (unpaired) electrons. The van der Waals surface area contributed by atoms with E-state index in [0.717, 1.165) is 0 Å². The molecule has 1 fully saturated rings. The SMILES string of the molecule is Cc1nc2[nH]c(=S)c([C@@H]3O[C@H](COP(=O)(O)OP(=O)(O)OP(=O)(O)O)[C@H](O)C3O)cc2c(F)c1C. The summed E-state index contributed by atoms with van der Waals surface area (Å²) in [6.07, 6.45) is -6.28. The van der Waals surface area contributed by atoms with Crippen molar-refractivity contribution in [2.75, 3.05) is 6.61 Å². The molecule has 3 unspecified atom stereocenters. The molecule has 196 valence electrons. The molecule has 7 N–H and O–H groups in total. The third-order valence-corrected chi connectivity index (χ3v) is 9.06. The molecule has 0 bridgehead atoms. The number of rotatable bonds is 8. The Labute approximate surface area is 200 Å². The van der Waals surface area contributed by atoms with E-state index in [9.17, 15) is 38.1 Å². The first-order valence-electron chi connectivity index (χ1n) is 9.40. The minimum atomic E-state index is -5.74. The standard InChI is InChI=1S/C15H20FN2O13P3S/c1-5-6(2)17-14-7(10(5)16)3-8(15(35)18-14)13-12(20)11(19)9(29-13)4-28-33(24,25)31-34(26,27)30-32(21,22)23/h3,9,11-13,19-20H,4H2,1-2H3,(H,24,25)(H,26,27)(H,17,18,35)(H2,21,22,23)/t9-,11+,12?,13+/m1/s1. The van der Waals surface area contributed by atoms with E-state index in [0.29, 0.717) is 5.69 Å². The third-order valence-electron chi connectivity index (χ3n) is 4.92. The number of phosphoric acid groups is 3. The highest BCUT2D eigenvalue weighted by Crippen LogP contribution is 2.66. The van der Waals surface area contributed by atoms with E-state index in [2.05, 4.69) is 23.1 Å². The summed E-state index contributed by atoms with van der Waals surface area (Å²) in [6, 6.07) is 1.27. The molecule has 2 aromatic heterocycles. The van der Waals surface area contributed by atoms with Crippen LogP contribution in [0.1, 0.15) is 22.9 Å². The van der Waals surface area contributed by atoms with Gasteiger partial charge < -0.3 is 39.5 Å². The summed E-state index contributed by atoms with van der Waals surface area (Å²) in [5, 5.41) is 20.7. The first kappa shape index (κ1) is 28.6. The van der Waals surface area contributed by atoms with Gasteiger partial charge in [-0.3, -0.25) is 4.52 Å². The number of hydrogen-bond acceptors (Lipinski definition) is 11. The molecule has 15 nitrogen and oxygen atoms in total. The number of ether oxygens (including phenoxy) is 1. The second-order valence-electron chi connectivity index (χ2n) is 7.42. The normalized spacial score (nSPS) is 26.5. The van der Waals surface area contributed by atoms with Gasteiger partial charge in [0.15, 0.2) is 0 Å². The number of aliphatic hydroxyl groups is 2.